The van der Waals surface area contributed by atoms with Gasteiger partial charge in [0, 0.05) is 5.75 Å². The van der Waals surface area contributed by atoms with Crippen LogP contribution < -0.4 is 0 Å². The third-order valence-corrected chi connectivity index (χ3v) is 1.59. The lowest BCUT2D eigenvalue weighted by Crippen LogP contribution is -1.82. The second kappa shape index (κ2) is 2.87. The van der Waals surface area contributed by atoms with E-state index < -0.39 is 0 Å². The zero-order valence-electron chi connectivity index (χ0n) is 5.42. The van der Waals surface area contributed by atoms with E-state index in [0.717, 1.165) is 17.1 Å². The molecule has 50 valence electrons. The third-order valence-electron chi connectivity index (χ3n) is 1.03. The Morgan fingerprint density at radius 1 is 1.56 bits per heavy atom. The molecule has 1 aromatic heterocycles. The maximum absolute atomic E-state index is 4.48. The van der Waals surface area contributed by atoms with E-state index in [1.807, 2.05) is 13.2 Å². The first-order chi connectivity index (χ1) is 4.34. The minimum absolute atomic E-state index is 0.884. The highest BCUT2D eigenvalue weighted by Crippen LogP contribution is 2.08. The second-order valence-electron chi connectivity index (χ2n) is 1.73. The van der Waals surface area contributed by atoms with Crippen molar-refractivity contribution >= 4 is 11.8 Å². The average molecular weight is 144 g/mol. The van der Waals surface area contributed by atoms with Gasteiger partial charge in [-0.3, -0.25) is 0 Å². The standard InChI is InChI=1S/C5H8N2OS/c1-4-5(3-9-2)7-8-6-4/h3H2,1-2H3. The summed E-state index contributed by atoms with van der Waals surface area (Å²) in [6, 6.07) is 0. The lowest BCUT2D eigenvalue weighted by atomic mass is 10.4. The summed E-state index contributed by atoms with van der Waals surface area (Å²) in [4.78, 5) is 0. The molecular formula is C5H8N2OS. The Labute approximate surface area is 57.8 Å². The normalized spacial score (nSPS) is 10.0. The van der Waals surface area contributed by atoms with Crippen molar-refractivity contribution in [2.75, 3.05) is 6.26 Å². The number of aryl methyl sites for hydroxylation is 1. The second-order valence-corrected chi connectivity index (χ2v) is 2.60. The minimum atomic E-state index is 0.884. The number of hydrogen-bond acceptors (Lipinski definition) is 4. The molecule has 9 heavy (non-hydrogen) atoms. The molecule has 0 aliphatic rings. The van der Waals surface area contributed by atoms with Crippen LogP contribution in [0.1, 0.15) is 11.4 Å². The summed E-state index contributed by atoms with van der Waals surface area (Å²) < 4.78 is 4.48. The highest BCUT2D eigenvalue weighted by molar-refractivity contribution is 7.97. The molecule has 0 atom stereocenters. The molecule has 4 heteroatoms. The van der Waals surface area contributed by atoms with Crippen molar-refractivity contribution in [1.29, 1.82) is 0 Å². The van der Waals surface area contributed by atoms with Gasteiger partial charge in [-0.15, -0.1) is 0 Å². The van der Waals surface area contributed by atoms with Crippen molar-refractivity contribution in [3.8, 4) is 0 Å². The van der Waals surface area contributed by atoms with E-state index in [0.29, 0.717) is 0 Å². The molecule has 1 aromatic rings. The zero-order valence-corrected chi connectivity index (χ0v) is 6.23. The Morgan fingerprint density at radius 3 is 2.78 bits per heavy atom. The van der Waals surface area contributed by atoms with Gasteiger partial charge in [-0.05, 0) is 13.2 Å². The van der Waals surface area contributed by atoms with Crippen molar-refractivity contribution < 1.29 is 4.63 Å². The highest BCUT2D eigenvalue weighted by Gasteiger charge is 2.01. The van der Waals surface area contributed by atoms with Gasteiger partial charge in [-0.1, -0.05) is 10.3 Å². The van der Waals surface area contributed by atoms with Crippen LogP contribution in [0.15, 0.2) is 4.63 Å². The molecule has 0 saturated carbocycles. The van der Waals surface area contributed by atoms with Crippen LogP contribution in [-0.4, -0.2) is 16.6 Å². The Morgan fingerprint density at radius 2 is 2.33 bits per heavy atom. The molecule has 0 N–H and O–H groups in total. The molecule has 1 heterocycles. The van der Waals surface area contributed by atoms with E-state index in [2.05, 4.69) is 14.9 Å². The van der Waals surface area contributed by atoms with Gasteiger partial charge in [0.1, 0.15) is 11.4 Å². The van der Waals surface area contributed by atoms with Gasteiger partial charge in [0.05, 0.1) is 0 Å². The van der Waals surface area contributed by atoms with Gasteiger partial charge in [-0.2, -0.15) is 11.8 Å². The molecule has 0 aromatic carbocycles. The van der Waals surface area contributed by atoms with Crippen molar-refractivity contribution in [3.05, 3.63) is 11.4 Å². The van der Waals surface area contributed by atoms with Crippen molar-refractivity contribution in [2.24, 2.45) is 0 Å². The predicted octanol–water partition coefficient (Wildman–Crippen LogP) is 1.24. The summed E-state index contributed by atoms with van der Waals surface area (Å²) in [6.07, 6.45) is 2.02. The van der Waals surface area contributed by atoms with Crippen LogP contribution in [0.2, 0.25) is 0 Å². The summed E-state index contributed by atoms with van der Waals surface area (Å²) in [6.45, 7) is 1.89. The number of nitrogens with zero attached hydrogens (tertiary/aromatic N) is 2. The van der Waals surface area contributed by atoms with Crippen LogP contribution >= 0.6 is 11.8 Å². The van der Waals surface area contributed by atoms with E-state index in [-0.39, 0.29) is 0 Å². The summed E-state index contributed by atoms with van der Waals surface area (Å²) >= 11 is 1.71. The molecule has 1 rings (SSSR count). The smallest absolute Gasteiger partial charge is 0.117 e. The molecule has 3 nitrogen and oxygen atoms in total. The van der Waals surface area contributed by atoms with E-state index in [1.54, 1.807) is 11.8 Å². The minimum Gasteiger partial charge on any atom is -0.244 e. The van der Waals surface area contributed by atoms with E-state index in [4.69, 9.17) is 0 Å². The Hall–Kier alpha value is -0.510. The van der Waals surface area contributed by atoms with Crippen molar-refractivity contribution in [2.45, 2.75) is 12.7 Å². The maximum atomic E-state index is 4.48. The SMILES string of the molecule is CSCc1nonc1C. The number of hydrogen-bond donors (Lipinski definition) is 0. The third kappa shape index (κ3) is 1.45. The van der Waals surface area contributed by atoms with Crippen LogP contribution in [0.4, 0.5) is 0 Å². The number of rotatable bonds is 2. The maximum Gasteiger partial charge on any atom is 0.117 e. The fourth-order valence-electron chi connectivity index (χ4n) is 0.517. The molecule has 0 aliphatic heterocycles. The van der Waals surface area contributed by atoms with Crippen LogP contribution in [0.25, 0.3) is 0 Å². The monoisotopic (exact) mass is 144 g/mol. The quantitative estimate of drug-likeness (QED) is 0.626. The Balaban J connectivity index is 2.69. The number of aromatic nitrogens is 2. The van der Waals surface area contributed by atoms with Crippen molar-refractivity contribution in [3.63, 3.8) is 0 Å². The first-order valence-corrected chi connectivity index (χ1v) is 4.01. The first-order valence-electron chi connectivity index (χ1n) is 2.61. The van der Waals surface area contributed by atoms with E-state index in [1.165, 1.54) is 0 Å². The van der Waals surface area contributed by atoms with Crippen LogP contribution in [0.5, 0.6) is 0 Å². The molecule has 0 radical (unpaired) electrons. The van der Waals surface area contributed by atoms with Gasteiger partial charge in [0.15, 0.2) is 0 Å². The van der Waals surface area contributed by atoms with Gasteiger partial charge < -0.3 is 0 Å². The zero-order chi connectivity index (χ0) is 6.69. The molecular weight excluding hydrogens is 136 g/mol. The first kappa shape index (κ1) is 6.61. The van der Waals surface area contributed by atoms with Gasteiger partial charge in [-0.25, -0.2) is 4.63 Å². The predicted molar refractivity (Wildman–Crippen MR) is 36.3 cm³/mol. The lowest BCUT2D eigenvalue weighted by molar-refractivity contribution is 0.302. The fraction of sp³-hybridized carbons (Fsp3) is 0.600. The summed E-state index contributed by atoms with van der Waals surface area (Å²) in [5.74, 6) is 0.884. The molecule has 0 spiro atoms. The fourth-order valence-corrected chi connectivity index (χ4v) is 1.05. The highest BCUT2D eigenvalue weighted by atomic mass is 32.2. The number of thioether (sulfide) groups is 1. The topological polar surface area (TPSA) is 38.9 Å². The summed E-state index contributed by atoms with van der Waals surface area (Å²) in [5, 5.41) is 7.33. The molecule has 0 aliphatic carbocycles. The van der Waals surface area contributed by atoms with Gasteiger partial charge in [0.2, 0.25) is 0 Å². The molecule has 0 fully saturated rings. The van der Waals surface area contributed by atoms with Crippen LogP contribution in [0.3, 0.4) is 0 Å². The van der Waals surface area contributed by atoms with E-state index in [9.17, 15) is 0 Å². The van der Waals surface area contributed by atoms with Crippen molar-refractivity contribution in [1.82, 2.24) is 10.3 Å². The van der Waals surface area contributed by atoms with Gasteiger partial charge >= 0.3 is 0 Å². The van der Waals surface area contributed by atoms with Crippen LogP contribution in [-0.2, 0) is 5.75 Å². The van der Waals surface area contributed by atoms with Crippen LogP contribution in [0, 0.1) is 6.92 Å². The van der Waals surface area contributed by atoms with Gasteiger partial charge in [0.25, 0.3) is 0 Å². The average Bonchev–Trinajstić information content (AvgIpc) is 2.18. The van der Waals surface area contributed by atoms with E-state index >= 15 is 0 Å². The molecule has 0 bridgehead atoms. The Kier molecular flexibility index (Phi) is 2.10. The molecule has 0 amide bonds. The Bertz CT molecular complexity index is 187. The lowest BCUT2D eigenvalue weighted by Gasteiger charge is -1.86. The largest absolute Gasteiger partial charge is 0.244 e. The molecule has 0 saturated heterocycles. The summed E-state index contributed by atoms with van der Waals surface area (Å²) in [5.41, 5.74) is 1.84. The summed E-state index contributed by atoms with van der Waals surface area (Å²) in [7, 11) is 0. The molecule has 0 unspecified atom stereocenters.